The molecule has 0 heterocycles. The van der Waals surface area contributed by atoms with Crippen molar-refractivity contribution in [2.45, 2.75) is 0 Å². The van der Waals surface area contributed by atoms with E-state index in [9.17, 15) is 9.26 Å². The topological polar surface area (TPSA) is 58.6 Å². The van der Waals surface area contributed by atoms with Gasteiger partial charge >= 0.3 is 36.8 Å². The monoisotopic (exact) mass is 337 g/mol. The van der Waals surface area contributed by atoms with E-state index < -0.39 is 9.17 Å². The number of hydrogen-bond donors (Lipinski definition) is 0. The van der Waals surface area contributed by atoms with E-state index in [4.69, 9.17) is 0 Å². The van der Waals surface area contributed by atoms with Crippen LogP contribution >= 0.6 is 0 Å². The zero-order valence-corrected chi connectivity index (χ0v) is 11.8. The van der Waals surface area contributed by atoms with Crippen LogP contribution in [-0.4, -0.2) is 29.5 Å². The molecule has 0 aromatic carbocycles. The molecule has 1 radical (unpaired) electrons. The first-order chi connectivity index (χ1) is 3.77. The summed E-state index contributed by atoms with van der Waals surface area (Å²) >= 11 is 0. The molecule has 49 valence electrons. The summed E-state index contributed by atoms with van der Waals surface area (Å²) in [7, 11) is -1.51. The Balaban J connectivity index is 0. The summed E-state index contributed by atoms with van der Waals surface area (Å²) in [6, 6.07) is 0. The van der Waals surface area contributed by atoms with E-state index in [1.165, 1.54) is 7.11 Å². The van der Waals surface area contributed by atoms with E-state index in [-0.39, 0.29) is 34.3 Å². The molecule has 0 spiro atoms. The number of methoxy groups -OCH3 is 1. The molecule has 0 bridgehead atoms. The fourth-order valence-corrected chi connectivity index (χ4v) is 0.458. The molecule has 0 rings (SSSR count). The second kappa shape index (κ2) is 8.51. The Morgan fingerprint density at radius 1 is 1.56 bits per heavy atom. The van der Waals surface area contributed by atoms with Crippen molar-refractivity contribution >= 4 is 9.17 Å². The van der Waals surface area contributed by atoms with Crippen LogP contribution in [0.15, 0.2) is 0 Å². The molecule has 0 saturated heterocycles. The van der Waals surface area contributed by atoms with E-state index in [1.807, 2.05) is 0 Å². The van der Waals surface area contributed by atoms with Gasteiger partial charge in [-0.2, -0.15) is 0 Å². The second-order valence-corrected chi connectivity index (χ2v) is 1.88. The van der Waals surface area contributed by atoms with Gasteiger partial charge in [0.1, 0.15) is 0 Å². The average molecular weight is 336 g/mol. The van der Waals surface area contributed by atoms with E-state index in [0.717, 1.165) is 0 Å². The summed E-state index contributed by atoms with van der Waals surface area (Å²) in [5.41, 5.74) is 0. The quantitative estimate of drug-likeness (QED) is 0.460. The smallest absolute Gasteiger partial charge is 0.586 e. The van der Waals surface area contributed by atoms with Gasteiger partial charge < -0.3 is 18.4 Å². The standard InChI is InChI=1S/C3H7O4Si.Hg/c1-6-2-3-7-8(4)5;/h2-3H2,1H3;/q-1;+1. The minimum Gasteiger partial charge on any atom is -0.586 e. The summed E-state index contributed by atoms with van der Waals surface area (Å²) in [5.74, 6) is 0. The maximum absolute atomic E-state index is 9.67. The Morgan fingerprint density at radius 3 is 2.44 bits per heavy atom. The maximum Gasteiger partial charge on any atom is 1.00 e. The second-order valence-electron chi connectivity index (χ2n) is 1.09. The van der Waals surface area contributed by atoms with Crippen LogP contribution in [0.4, 0.5) is 0 Å². The van der Waals surface area contributed by atoms with Crippen LogP contribution in [0, 0.1) is 0 Å². The predicted octanol–water partition coefficient (Wildman–Crippen LogP) is -1.58. The average Bonchev–Trinajstić information content (AvgIpc) is 1.66. The molecule has 9 heavy (non-hydrogen) atoms. The molecule has 0 atom stereocenters. The van der Waals surface area contributed by atoms with Gasteiger partial charge in [-0.25, -0.2) is 0 Å². The molecule has 0 aromatic rings. The van der Waals surface area contributed by atoms with Crippen molar-refractivity contribution in [1.82, 2.24) is 0 Å². The van der Waals surface area contributed by atoms with E-state index >= 15 is 0 Å². The van der Waals surface area contributed by atoms with Crippen molar-refractivity contribution in [2.24, 2.45) is 0 Å². The van der Waals surface area contributed by atoms with Gasteiger partial charge in [0.05, 0.1) is 6.61 Å². The molecule has 0 fully saturated rings. The van der Waals surface area contributed by atoms with Gasteiger partial charge in [-0.05, 0) is 0 Å². The van der Waals surface area contributed by atoms with Crippen LogP contribution in [0.3, 0.4) is 0 Å². The van der Waals surface area contributed by atoms with Gasteiger partial charge in [0, 0.05) is 13.7 Å². The van der Waals surface area contributed by atoms with Crippen LogP contribution in [0.25, 0.3) is 0 Å². The molecule has 4 nitrogen and oxygen atoms in total. The van der Waals surface area contributed by atoms with Gasteiger partial charge in [-0.15, -0.1) is 0 Å². The molecule has 0 saturated carbocycles. The summed E-state index contributed by atoms with van der Waals surface area (Å²) < 4.78 is 18.3. The van der Waals surface area contributed by atoms with Crippen molar-refractivity contribution in [1.29, 1.82) is 0 Å². The van der Waals surface area contributed by atoms with Crippen LogP contribution in [0.2, 0.25) is 0 Å². The summed E-state index contributed by atoms with van der Waals surface area (Å²) in [5, 5.41) is 0. The van der Waals surface area contributed by atoms with Crippen LogP contribution in [-0.2, 0) is 41.3 Å². The van der Waals surface area contributed by atoms with Crippen molar-refractivity contribution in [3.05, 3.63) is 0 Å². The Morgan fingerprint density at radius 2 is 2.11 bits per heavy atom. The maximum atomic E-state index is 9.67. The minimum atomic E-state index is -2.99. The zero-order valence-electron chi connectivity index (χ0n) is 5.25. The third-order valence-corrected chi connectivity index (χ3v) is 0.947. The third-order valence-electron chi connectivity index (χ3n) is 0.507. The first-order valence-corrected chi connectivity index (χ1v) is 3.32. The summed E-state index contributed by atoms with van der Waals surface area (Å²) in [6.45, 7) is 0.441. The van der Waals surface area contributed by atoms with E-state index in [1.54, 1.807) is 0 Å². The van der Waals surface area contributed by atoms with Crippen molar-refractivity contribution in [2.75, 3.05) is 20.3 Å². The zero-order chi connectivity index (χ0) is 6.41. The predicted molar refractivity (Wildman–Crippen MR) is 24.3 cm³/mol. The minimum absolute atomic E-state index is 0. The summed E-state index contributed by atoms with van der Waals surface area (Å²) in [4.78, 5) is 9.67. The van der Waals surface area contributed by atoms with Gasteiger partial charge in [0.15, 0.2) is 0 Å². The van der Waals surface area contributed by atoms with Crippen LogP contribution < -0.4 is 4.80 Å². The molecule has 0 aliphatic carbocycles. The van der Waals surface area contributed by atoms with E-state index in [0.29, 0.717) is 6.61 Å². The number of rotatable bonds is 4. The Hall–Kier alpha value is 0.512. The molecular formula is C3H7HgO4Si. The van der Waals surface area contributed by atoms with Crippen molar-refractivity contribution < 1.29 is 46.1 Å². The van der Waals surface area contributed by atoms with Crippen LogP contribution in [0.1, 0.15) is 0 Å². The van der Waals surface area contributed by atoms with Crippen molar-refractivity contribution in [3.63, 3.8) is 0 Å². The normalized spacial score (nSPS) is 7.67. The largest absolute Gasteiger partial charge is 1.00 e. The molecule has 0 aliphatic heterocycles. The van der Waals surface area contributed by atoms with Gasteiger partial charge in [-0.1, -0.05) is 0 Å². The SMILES string of the molecule is COCCO[Si](=O)[O-].[Hg+]. The van der Waals surface area contributed by atoms with Crippen molar-refractivity contribution in [3.8, 4) is 0 Å². The fraction of sp³-hybridized carbons (Fsp3) is 1.00. The molecule has 0 amide bonds. The molecule has 0 N–H and O–H groups in total. The molecule has 0 aliphatic rings. The van der Waals surface area contributed by atoms with Gasteiger partial charge in [-0.3, -0.25) is 0 Å². The molecule has 6 heteroatoms. The van der Waals surface area contributed by atoms with E-state index in [2.05, 4.69) is 9.16 Å². The van der Waals surface area contributed by atoms with Gasteiger partial charge in [0.2, 0.25) is 0 Å². The number of hydrogen-bond acceptors (Lipinski definition) is 4. The summed E-state index contributed by atoms with van der Waals surface area (Å²) in [6.07, 6.45) is 0. The third kappa shape index (κ3) is 11.9. The Kier molecular flexibility index (Phi) is 11.6. The fourth-order valence-electron chi connectivity index (χ4n) is 0.208. The molecule has 0 aromatic heterocycles. The number of ether oxygens (including phenoxy) is 1. The van der Waals surface area contributed by atoms with Gasteiger partial charge in [0.25, 0.3) is 0 Å². The first kappa shape index (κ1) is 12.2. The Labute approximate surface area is 75.6 Å². The Bertz CT molecular complexity index is 78.2. The molecular weight excluding hydrogens is 329 g/mol. The molecule has 0 unspecified atom stereocenters. The van der Waals surface area contributed by atoms with Crippen LogP contribution in [0.5, 0.6) is 0 Å². The first-order valence-electron chi connectivity index (χ1n) is 2.10.